The number of nitrogens with two attached hydrogens (primary N) is 1. The maximum absolute atomic E-state index is 13.6. The van der Waals surface area contributed by atoms with Crippen LogP contribution in [-0.4, -0.2) is 49.3 Å². The van der Waals surface area contributed by atoms with Gasteiger partial charge < -0.3 is 15.8 Å². The van der Waals surface area contributed by atoms with Gasteiger partial charge in [0.05, 0.1) is 23.4 Å². The quantitative estimate of drug-likeness (QED) is 0.741. The van der Waals surface area contributed by atoms with Crippen molar-refractivity contribution in [1.29, 1.82) is 0 Å². The molecule has 5 nitrogen and oxygen atoms in total. The van der Waals surface area contributed by atoms with Crippen LogP contribution in [0, 0.1) is 0 Å². The standard InChI is InChI=1S/C20H29ClFN3O2/c1-27-18-12-17(23)16(21)11-15(18)19(26)24-13-20(7-3-2-4-8-20)25-9-5-14(22)6-10-25/h11-12,14H,2-10,13,23H2,1H3,(H,24,26). The van der Waals surface area contributed by atoms with Crippen LogP contribution in [0.2, 0.25) is 5.02 Å². The first-order valence-electron chi connectivity index (χ1n) is 9.75. The number of nitrogens with one attached hydrogen (secondary N) is 1. The molecule has 1 heterocycles. The molecular formula is C20H29ClFN3O2. The molecule has 1 saturated heterocycles. The first-order valence-corrected chi connectivity index (χ1v) is 10.1. The number of likely N-dealkylation sites (tertiary alicyclic amines) is 1. The Balaban J connectivity index is 1.74. The summed E-state index contributed by atoms with van der Waals surface area (Å²) in [5.74, 6) is 0.185. The number of methoxy groups -OCH3 is 1. The van der Waals surface area contributed by atoms with Crippen molar-refractivity contribution in [2.45, 2.75) is 56.7 Å². The molecule has 0 aromatic heterocycles. The molecule has 3 rings (SSSR count). The van der Waals surface area contributed by atoms with Crippen LogP contribution in [0.25, 0.3) is 0 Å². The lowest BCUT2D eigenvalue weighted by molar-refractivity contribution is 0.0146. The van der Waals surface area contributed by atoms with Crippen molar-refractivity contribution in [2.24, 2.45) is 0 Å². The highest BCUT2D eigenvalue weighted by Gasteiger charge is 2.40. The lowest BCUT2D eigenvalue weighted by atomic mass is 9.79. The summed E-state index contributed by atoms with van der Waals surface area (Å²) in [5.41, 5.74) is 6.48. The minimum atomic E-state index is -0.697. The Bertz CT molecular complexity index is 671. The Kier molecular flexibility index (Phi) is 6.48. The van der Waals surface area contributed by atoms with E-state index in [9.17, 15) is 9.18 Å². The number of ether oxygens (including phenoxy) is 1. The van der Waals surface area contributed by atoms with E-state index in [1.54, 1.807) is 12.1 Å². The molecule has 2 aliphatic rings. The zero-order chi connectivity index (χ0) is 19.4. The fraction of sp³-hybridized carbons (Fsp3) is 0.650. The molecule has 27 heavy (non-hydrogen) atoms. The zero-order valence-electron chi connectivity index (χ0n) is 15.9. The number of carbonyl (C=O) groups excluding carboxylic acids is 1. The number of piperidine rings is 1. The zero-order valence-corrected chi connectivity index (χ0v) is 16.7. The minimum absolute atomic E-state index is 0.0844. The molecule has 0 atom stereocenters. The number of alkyl halides is 1. The second-order valence-electron chi connectivity index (χ2n) is 7.70. The average molecular weight is 398 g/mol. The highest BCUT2D eigenvalue weighted by Crippen LogP contribution is 2.36. The van der Waals surface area contributed by atoms with Crippen molar-refractivity contribution >= 4 is 23.2 Å². The molecule has 3 N–H and O–H groups in total. The first-order chi connectivity index (χ1) is 12.9. The van der Waals surface area contributed by atoms with Crippen molar-refractivity contribution in [3.8, 4) is 5.75 Å². The van der Waals surface area contributed by atoms with E-state index in [4.69, 9.17) is 22.1 Å². The fourth-order valence-corrected chi connectivity index (χ4v) is 4.56. The van der Waals surface area contributed by atoms with E-state index < -0.39 is 6.17 Å². The lowest BCUT2D eigenvalue weighted by Gasteiger charge is -2.48. The molecule has 0 unspecified atom stereocenters. The lowest BCUT2D eigenvalue weighted by Crippen LogP contribution is -2.59. The summed E-state index contributed by atoms with van der Waals surface area (Å²) in [6.45, 7) is 2.07. The van der Waals surface area contributed by atoms with Crippen molar-refractivity contribution in [3.63, 3.8) is 0 Å². The summed E-state index contributed by atoms with van der Waals surface area (Å²) in [5, 5.41) is 3.42. The number of hydrogen-bond donors (Lipinski definition) is 2. The molecule has 1 aliphatic carbocycles. The largest absolute Gasteiger partial charge is 0.496 e. The van der Waals surface area contributed by atoms with Gasteiger partial charge in [-0.2, -0.15) is 0 Å². The molecular weight excluding hydrogens is 369 g/mol. The highest BCUT2D eigenvalue weighted by atomic mass is 35.5. The predicted octanol–water partition coefficient (Wildman–Crippen LogP) is 3.80. The molecule has 1 aliphatic heterocycles. The fourth-order valence-electron chi connectivity index (χ4n) is 4.39. The van der Waals surface area contributed by atoms with Crippen molar-refractivity contribution in [2.75, 3.05) is 32.5 Å². The second-order valence-corrected chi connectivity index (χ2v) is 8.11. The SMILES string of the molecule is COc1cc(N)c(Cl)cc1C(=O)NCC1(N2CCC(F)CC2)CCCCC1. The number of nitrogen functional groups attached to an aromatic ring is 1. The Morgan fingerprint density at radius 1 is 1.33 bits per heavy atom. The van der Waals surface area contributed by atoms with Gasteiger partial charge in [-0.05, 0) is 31.7 Å². The second kappa shape index (κ2) is 8.65. The van der Waals surface area contributed by atoms with E-state index >= 15 is 0 Å². The van der Waals surface area contributed by atoms with Gasteiger partial charge in [-0.1, -0.05) is 30.9 Å². The molecule has 7 heteroatoms. The van der Waals surface area contributed by atoms with Gasteiger partial charge in [0.15, 0.2) is 0 Å². The van der Waals surface area contributed by atoms with Crippen LogP contribution < -0.4 is 15.8 Å². The number of carbonyl (C=O) groups is 1. The van der Waals surface area contributed by atoms with Crippen LogP contribution >= 0.6 is 11.6 Å². The molecule has 1 amide bonds. The van der Waals surface area contributed by atoms with Gasteiger partial charge in [0, 0.05) is 31.2 Å². The Morgan fingerprint density at radius 2 is 2.00 bits per heavy atom. The van der Waals surface area contributed by atoms with E-state index in [1.807, 2.05) is 0 Å². The summed E-state index contributed by atoms with van der Waals surface area (Å²) in [7, 11) is 1.50. The van der Waals surface area contributed by atoms with Gasteiger partial charge in [0.1, 0.15) is 11.9 Å². The van der Waals surface area contributed by atoms with Gasteiger partial charge in [-0.3, -0.25) is 9.69 Å². The molecule has 0 bridgehead atoms. The monoisotopic (exact) mass is 397 g/mol. The van der Waals surface area contributed by atoms with Gasteiger partial charge in [-0.25, -0.2) is 4.39 Å². The third-order valence-electron chi connectivity index (χ3n) is 6.02. The number of nitrogens with zero attached hydrogens (tertiary/aromatic N) is 1. The van der Waals surface area contributed by atoms with E-state index in [1.165, 1.54) is 13.5 Å². The molecule has 0 radical (unpaired) electrons. The number of rotatable bonds is 5. The van der Waals surface area contributed by atoms with E-state index in [2.05, 4.69) is 10.2 Å². The van der Waals surface area contributed by atoms with Crippen LogP contribution in [0.1, 0.15) is 55.3 Å². The summed E-state index contributed by atoms with van der Waals surface area (Å²) < 4.78 is 18.9. The van der Waals surface area contributed by atoms with E-state index in [-0.39, 0.29) is 11.4 Å². The highest BCUT2D eigenvalue weighted by molar-refractivity contribution is 6.33. The van der Waals surface area contributed by atoms with Crippen LogP contribution in [0.4, 0.5) is 10.1 Å². The van der Waals surface area contributed by atoms with Gasteiger partial charge in [-0.15, -0.1) is 0 Å². The molecule has 1 aromatic rings. The van der Waals surface area contributed by atoms with Gasteiger partial charge in [0.2, 0.25) is 0 Å². The van der Waals surface area contributed by atoms with E-state index in [0.717, 1.165) is 38.8 Å². The smallest absolute Gasteiger partial charge is 0.255 e. The number of anilines is 1. The number of halogens is 2. The molecule has 1 aromatic carbocycles. The number of amides is 1. The van der Waals surface area contributed by atoms with Crippen molar-refractivity contribution in [3.05, 3.63) is 22.7 Å². The van der Waals surface area contributed by atoms with Crippen LogP contribution in [-0.2, 0) is 0 Å². The summed E-state index contributed by atoms with van der Waals surface area (Å²) in [4.78, 5) is 15.2. The van der Waals surface area contributed by atoms with Gasteiger partial charge >= 0.3 is 0 Å². The third-order valence-corrected chi connectivity index (χ3v) is 6.35. The number of hydrogen-bond acceptors (Lipinski definition) is 4. The molecule has 1 saturated carbocycles. The molecule has 2 fully saturated rings. The average Bonchev–Trinajstić information content (AvgIpc) is 2.69. The summed E-state index contributed by atoms with van der Waals surface area (Å²) in [6, 6.07) is 3.12. The number of benzene rings is 1. The minimum Gasteiger partial charge on any atom is -0.496 e. The Labute approximate surface area is 165 Å². The molecule has 150 valence electrons. The normalized spacial score (nSPS) is 21.0. The Morgan fingerprint density at radius 3 is 2.63 bits per heavy atom. The van der Waals surface area contributed by atoms with Crippen molar-refractivity contribution < 1.29 is 13.9 Å². The maximum atomic E-state index is 13.6. The van der Waals surface area contributed by atoms with E-state index in [0.29, 0.717) is 41.4 Å². The Hall–Kier alpha value is -1.53. The first kappa shape index (κ1) is 20.2. The van der Waals surface area contributed by atoms with Gasteiger partial charge in [0.25, 0.3) is 5.91 Å². The van der Waals surface area contributed by atoms with Crippen LogP contribution in [0.3, 0.4) is 0 Å². The summed E-state index contributed by atoms with van der Waals surface area (Å²) >= 11 is 6.09. The topological polar surface area (TPSA) is 67.6 Å². The third kappa shape index (κ3) is 4.49. The molecule has 0 spiro atoms. The van der Waals surface area contributed by atoms with Crippen LogP contribution in [0.5, 0.6) is 5.75 Å². The summed E-state index contributed by atoms with van der Waals surface area (Å²) in [6.07, 6.45) is 6.03. The van der Waals surface area contributed by atoms with Crippen LogP contribution in [0.15, 0.2) is 12.1 Å². The van der Waals surface area contributed by atoms with Crippen molar-refractivity contribution in [1.82, 2.24) is 10.2 Å². The predicted molar refractivity (Wildman–Crippen MR) is 106 cm³/mol. The maximum Gasteiger partial charge on any atom is 0.255 e.